The molecule has 1 nitrogen and oxygen atoms in total. The lowest BCUT2D eigenvalue weighted by Crippen LogP contribution is -1.82. The van der Waals surface area contributed by atoms with Crippen molar-refractivity contribution in [2.24, 2.45) is 0 Å². The molecule has 1 heterocycles. The van der Waals surface area contributed by atoms with Gasteiger partial charge in [0.05, 0.1) is 10.5 Å². The summed E-state index contributed by atoms with van der Waals surface area (Å²) < 4.78 is 0. The van der Waals surface area contributed by atoms with E-state index in [1.54, 1.807) is 6.20 Å². The average Bonchev–Trinajstić information content (AvgIpc) is 2.29. The molecule has 0 spiro atoms. The van der Waals surface area contributed by atoms with Crippen LogP contribution in [0.25, 0.3) is 21.7 Å². The number of fused-ring (bicyclic) bond motifs is 3. The molecule has 0 fully saturated rings. The van der Waals surface area contributed by atoms with Gasteiger partial charge in [0.15, 0.2) is 0 Å². The lowest BCUT2D eigenvalue weighted by molar-refractivity contribution is 1.42. The molecule has 3 heteroatoms. The van der Waals surface area contributed by atoms with Crippen molar-refractivity contribution in [1.82, 2.24) is 4.98 Å². The Hall–Kier alpha value is -1.31. The highest BCUT2D eigenvalue weighted by Crippen LogP contribution is 2.35. The van der Waals surface area contributed by atoms with E-state index in [0.29, 0.717) is 10.0 Å². The summed E-state index contributed by atoms with van der Waals surface area (Å²) in [5.41, 5.74) is 0.891. The molecular weight excluding hydrogens is 241 g/mol. The largest absolute Gasteiger partial charge is 0.256 e. The molecule has 0 bridgehead atoms. The second kappa shape index (κ2) is 3.62. The van der Waals surface area contributed by atoms with Crippen LogP contribution >= 0.6 is 23.2 Å². The van der Waals surface area contributed by atoms with Gasteiger partial charge in [-0.25, -0.2) is 0 Å². The molecule has 0 saturated heterocycles. The van der Waals surface area contributed by atoms with Crippen molar-refractivity contribution in [3.05, 3.63) is 52.6 Å². The van der Waals surface area contributed by atoms with Gasteiger partial charge in [-0.15, -0.1) is 0 Å². The van der Waals surface area contributed by atoms with Gasteiger partial charge in [0.2, 0.25) is 0 Å². The Morgan fingerprint density at radius 3 is 2.56 bits per heavy atom. The second-order valence-corrected chi connectivity index (χ2v) is 4.41. The summed E-state index contributed by atoms with van der Waals surface area (Å²) in [6.07, 6.45) is 1.76. The van der Waals surface area contributed by atoms with Crippen molar-refractivity contribution in [3.63, 3.8) is 0 Å². The number of rotatable bonds is 0. The van der Waals surface area contributed by atoms with Gasteiger partial charge in [0.1, 0.15) is 0 Å². The number of aromatic nitrogens is 1. The van der Waals surface area contributed by atoms with Gasteiger partial charge in [-0.1, -0.05) is 41.4 Å². The van der Waals surface area contributed by atoms with Crippen LogP contribution in [-0.2, 0) is 0 Å². The topological polar surface area (TPSA) is 12.9 Å². The Labute approximate surface area is 103 Å². The zero-order chi connectivity index (χ0) is 11.1. The van der Waals surface area contributed by atoms with Gasteiger partial charge < -0.3 is 0 Å². The Kier molecular flexibility index (Phi) is 2.23. The molecule has 16 heavy (non-hydrogen) atoms. The fraction of sp³-hybridized carbons (Fsp3) is 0. The first kappa shape index (κ1) is 9.88. The fourth-order valence-corrected chi connectivity index (χ4v) is 2.58. The third-order valence-corrected chi connectivity index (χ3v) is 3.26. The van der Waals surface area contributed by atoms with Crippen molar-refractivity contribution in [1.29, 1.82) is 0 Å². The molecular formula is C13H7Cl2N. The van der Waals surface area contributed by atoms with Crippen LogP contribution in [-0.4, -0.2) is 4.98 Å². The lowest BCUT2D eigenvalue weighted by atomic mass is 10.1. The molecule has 78 valence electrons. The van der Waals surface area contributed by atoms with Crippen LogP contribution in [0.5, 0.6) is 0 Å². The van der Waals surface area contributed by atoms with E-state index in [1.165, 1.54) is 0 Å². The Balaban J connectivity index is 2.65. The highest BCUT2D eigenvalue weighted by molar-refractivity contribution is 6.43. The van der Waals surface area contributed by atoms with Crippen molar-refractivity contribution >= 4 is 44.9 Å². The summed E-state index contributed by atoms with van der Waals surface area (Å²) in [5.74, 6) is 0. The summed E-state index contributed by atoms with van der Waals surface area (Å²) in [5, 5.41) is 4.33. The van der Waals surface area contributed by atoms with Crippen LogP contribution in [0.4, 0.5) is 0 Å². The van der Waals surface area contributed by atoms with Crippen molar-refractivity contribution in [3.8, 4) is 0 Å². The maximum atomic E-state index is 6.22. The number of halogens is 2. The third-order valence-electron chi connectivity index (χ3n) is 2.64. The zero-order valence-corrected chi connectivity index (χ0v) is 9.76. The zero-order valence-electron chi connectivity index (χ0n) is 8.24. The van der Waals surface area contributed by atoms with Gasteiger partial charge >= 0.3 is 0 Å². The first-order valence-electron chi connectivity index (χ1n) is 4.89. The molecule has 0 N–H and O–H groups in total. The SMILES string of the molecule is Clc1cccc2c1c(Cl)cc1ncccc12. The van der Waals surface area contributed by atoms with E-state index in [2.05, 4.69) is 4.98 Å². The van der Waals surface area contributed by atoms with Crippen LogP contribution in [0.2, 0.25) is 10.0 Å². The van der Waals surface area contributed by atoms with Gasteiger partial charge in [-0.2, -0.15) is 0 Å². The van der Waals surface area contributed by atoms with Gasteiger partial charge in [-0.3, -0.25) is 4.98 Å². The summed E-state index contributed by atoms with van der Waals surface area (Å²) in [6.45, 7) is 0. The maximum absolute atomic E-state index is 6.22. The average molecular weight is 248 g/mol. The first-order valence-corrected chi connectivity index (χ1v) is 5.64. The summed E-state index contributed by atoms with van der Waals surface area (Å²) in [6, 6.07) is 11.6. The van der Waals surface area contributed by atoms with E-state index < -0.39 is 0 Å². The number of nitrogens with zero attached hydrogens (tertiary/aromatic N) is 1. The summed E-state index contributed by atoms with van der Waals surface area (Å²) >= 11 is 12.4. The fourth-order valence-electron chi connectivity index (χ4n) is 1.94. The number of hydrogen-bond acceptors (Lipinski definition) is 1. The standard InChI is InChI=1S/C13H7Cl2N/c14-10-5-1-3-9-8-4-2-6-16-12(8)7-11(15)13(9)10/h1-7H. The molecule has 0 amide bonds. The highest BCUT2D eigenvalue weighted by Gasteiger charge is 2.08. The number of hydrogen-bond donors (Lipinski definition) is 0. The minimum Gasteiger partial charge on any atom is -0.256 e. The molecule has 0 atom stereocenters. The predicted molar refractivity (Wildman–Crippen MR) is 69.3 cm³/mol. The molecule has 2 aromatic carbocycles. The molecule has 0 aliphatic carbocycles. The van der Waals surface area contributed by atoms with Crippen LogP contribution in [0.15, 0.2) is 42.6 Å². The normalized spacial score (nSPS) is 11.1. The maximum Gasteiger partial charge on any atom is 0.0723 e. The van der Waals surface area contributed by atoms with Crippen LogP contribution in [0.1, 0.15) is 0 Å². The number of pyridine rings is 1. The summed E-state index contributed by atoms with van der Waals surface area (Å²) in [4.78, 5) is 4.29. The molecule has 0 aliphatic rings. The van der Waals surface area contributed by atoms with E-state index in [4.69, 9.17) is 23.2 Å². The van der Waals surface area contributed by atoms with E-state index in [9.17, 15) is 0 Å². The van der Waals surface area contributed by atoms with E-state index in [0.717, 1.165) is 21.7 Å². The third kappa shape index (κ3) is 1.36. The van der Waals surface area contributed by atoms with E-state index in [-0.39, 0.29) is 0 Å². The van der Waals surface area contributed by atoms with Crippen LogP contribution in [0, 0.1) is 0 Å². The number of benzene rings is 2. The quantitative estimate of drug-likeness (QED) is 0.525. The second-order valence-electron chi connectivity index (χ2n) is 3.59. The predicted octanol–water partition coefficient (Wildman–Crippen LogP) is 4.69. The first-order chi connectivity index (χ1) is 7.77. The Morgan fingerprint density at radius 2 is 1.69 bits per heavy atom. The smallest absolute Gasteiger partial charge is 0.0723 e. The Bertz CT molecular complexity index is 692. The molecule has 0 saturated carbocycles. The van der Waals surface area contributed by atoms with E-state index in [1.807, 2.05) is 36.4 Å². The van der Waals surface area contributed by atoms with Gasteiger partial charge in [0.25, 0.3) is 0 Å². The van der Waals surface area contributed by atoms with Gasteiger partial charge in [-0.05, 0) is 23.6 Å². The molecule has 0 unspecified atom stereocenters. The molecule has 3 aromatic rings. The van der Waals surface area contributed by atoms with Gasteiger partial charge in [0, 0.05) is 22.0 Å². The van der Waals surface area contributed by atoms with Crippen molar-refractivity contribution < 1.29 is 0 Å². The van der Waals surface area contributed by atoms with E-state index >= 15 is 0 Å². The van der Waals surface area contributed by atoms with Crippen molar-refractivity contribution in [2.75, 3.05) is 0 Å². The van der Waals surface area contributed by atoms with Crippen LogP contribution in [0.3, 0.4) is 0 Å². The minimum atomic E-state index is 0.645. The summed E-state index contributed by atoms with van der Waals surface area (Å²) in [7, 11) is 0. The highest BCUT2D eigenvalue weighted by atomic mass is 35.5. The Morgan fingerprint density at radius 1 is 0.875 bits per heavy atom. The monoisotopic (exact) mass is 247 g/mol. The molecule has 0 radical (unpaired) electrons. The molecule has 1 aromatic heterocycles. The minimum absolute atomic E-state index is 0.645. The van der Waals surface area contributed by atoms with Crippen molar-refractivity contribution in [2.45, 2.75) is 0 Å². The molecule has 0 aliphatic heterocycles. The van der Waals surface area contributed by atoms with Crippen LogP contribution < -0.4 is 0 Å². The lowest BCUT2D eigenvalue weighted by Gasteiger charge is -2.06. The molecule has 3 rings (SSSR count).